The Balaban J connectivity index is 1.89. The summed E-state index contributed by atoms with van der Waals surface area (Å²) in [4.78, 5) is 0. The summed E-state index contributed by atoms with van der Waals surface area (Å²) in [5.41, 5.74) is 0.247. The van der Waals surface area contributed by atoms with E-state index in [0.29, 0.717) is 10.0 Å². The van der Waals surface area contributed by atoms with Crippen LogP contribution in [-0.2, 0) is 4.57 Å². The van der Waals surface area contributed by atoms with Crippen molar-refractivity contribution in [3.8, 4) is 11.5 Å². The van der Waals surface area contributed by atoms with Gasteiger partial charge in [0.05, 0.1) is 0 Å². The van der Waals surface area contributed by atoms with Crippen molar-refractivity contribution in [2.75, 3.05) is 5.09 Å². The molecule has 0 saturated carbocycles. The molecule has 1 N–H and O–H groups in total. The highest BCUT2D eigenvalue weighted by molar-refractivity contribution is 7.56. The molecule has 0 heterocycles. The lowest BCUT2D eigenvalue weighted by molar-refractivity contribution is 0.393. The minimum absolute atomic E-state index is 0.247. The van der Waals surface area contributed by atoms with Crippen molar-refractivity contribution in [1.82, 2.24) is 0 Å². The molecule has 0 fully saturated rings. The number of nitrogens with one attached hydrogen (secondary N) is 1. The Morgan fingerprint density at radius 1 is 0.808 bits per heavy atom. The zero-order valence-corrected chi connectivity index (χ0v) is 15.6. The van der Waals surface area contributed by atoms with Crippen LogP contribution in [-0.4, -0.2) is 0 Å². The molecule has 0 aromatic heterocycles. The maximum atomic E-state index is 13.4. The molecular weight excluding hydrogens is 399 g/mol. The summed E-state index contributed by atoms with van der Waals surface area (Å²) in [5.74, 6) is 0.0609. The Kier molecular flexibility index (Phi) is 5.72. The van der Waals surface area contributed by atoms with Gasteiger partial charge in [0.2, 0.25) is 0 Å². The lowest BCUT2D eigenvalue weighted by Crippen LogP contribution is -2.10. The van der Waals surface area contributed by atoms with E-state index in [4.69, 9.17) is 32.2 Å². The van der Waals surface area contributed by atoms with Gasteiger partial charge < -0.3 is 9.05 Å². The van der Waals surface area contributed by atoms with E-state index in [1.807, 2.05) is 0 Å². The molecule has 134 valence electrons. The first-order valence-electron chi connectivity index (χ1n) is 7.46. The van der Waals surface area contributed by atoms with E-state index in [9.17, 15) is 8.96 Å². The number of anilines is 1. The van der Waals surface area contributed by atoms with Gasteiger partial charge in [0, 0.05) is 15.7 Å². The Morgan fingerprint density at radius 2 is 1.31 bits per heavy atom. The minimum atomic E-state index is -3.94. The highest BCUT2D eigenvalue weighted by Crippen LogP contribution is 2.48. The summed E-state index contributed by atoms with van der Waals surface area (Å²) in [6.45, 7) is 0. The third kappa shape index (κ3) is 5.15. The van der Waals surface area contributed by atoms with Gasteiger partial charge in [-0.1, -0.05) is 29.3 Å². The van der Waals surface area contributed by atoms with Gasteiger partial charge in [0.15, 0.2) is 0 Å². The van der Waals surface area contributed by atoms with Crippen LogP contribution in [0.15, 0.2) is 72.8 Å². The molecule has 0 unspecified atom stereocenters. The first-order chi connectivity index (χ1) is 12.4. The molecule has 0 aliphatic heterocycles. The molecule has 0 spiro atoms. The van der Waals surface area contributed by atoms with Crippen molar-refractivity contribution in [2.24, 2.45) is 0 Å². The van der Waals surface area contributed by atoms with E-state index in [1.165, 1.54) is 18.2 Å². The molecule has 26 heavy (non-hydrogen) atoms. The SMILES string of the molecule is O=P(Nc1cccc(F)c1)(Oc1ccc(Cl)cc1)Oc1ccc(Cl)cc1. The second kappa shape index (κ2) is 8.00. The predicted octanol–water partition coefficient (Wildman–Crippen LogP) is 6.81. The van der Waals surface area contributed by atoms with E-state index in [-0.39, 0.29) is 17.2 Å². The van der Waals surface area contributed by atoms with Gasteiger partial charge >= 0.3 is 7.75 Å². The third-order valence-electron chi connectivity index (χ3n) is 3.17. The Labute approximate surface area is 160 Å². The highest BCUT2D eigenvalue weighted by Gasteiger charge is 2.29. The van der Waals surface area contributed by atoms with E-state index in [0.717, 1.165) is 0 Å². The molecule has 0 bridgehead atoms. The van der Waals surface area contributed by atoms with Crippen molar-refractivity contribution < 1.29 is 18.0 Å². The predicted molar refractivity (Wildman–Crippen MR) is 102 cm³/mol. The van der Waals surface area contributed by atoms with Crippen LogP contribution >= 0.6 is 30.9 Å². The zero-order valence-electron chi connectivity index (χ0n) is 13.2. The fraction of sp³-hybridized carbons (Fsp3) is 0. The van der Waals surface area contributed by atoms with Crippen LogP contribution in [0.5, 0.6) is 11.5 Å². The van der Waals surface area contributed by atoms with Crippen LogP contribution in [0.4, 0.5) is 10.1 Å². The van der Waals surface area contributed by atoms with Gasteiger partial charge in [-0.2, -0.15) is 0 Å². The summed E-state index contributed by atoms with van der Waals surface area (Å²) in [5, 5.41) is 3.63. The molecule has 0 amide bonds. The van der Waals surface area contributed by atoms with Crippen LogP contribution in [0, 0.1) is 5.82 Å². The van der Waals surface area contributed by atoms with Crippen LogP contribution < -0.4 is 14.1 Å². The number of rotatable bonds is 6. The highest BCUT2D eigenvalue weighted by atomic mass is 35.5. The Hall–Kier alpha value is -2.20. The van der Waals surface area contributed by atoms with Gasteiger partial charge in [-0.3, -0.25) is 5.09 Å². The normalized spacial score (nSPS) is 11.0. The van der Waals surface area contributed by atoms with Crippen molar-refractivity contribution in [3.05, 3.63) is 88.7 Å². The smallest absolute Gasteiger partial charge is 0.400 e. The molecule has 0 saturated heterocycles. The van der Waals surface area contributed by atoms with Crippen molar-refractivity contribution >= 4 is 36.6 Å². The maximum Gasteiger partial charge on any atom is 0.541 e. The largest absolute Gasteiger partial charge is 0.541 e. The topological polar surface area (TPSA) is 47.6 Å². The number of hydrogen-bond donors (Lipinski definition) is 1. The number of halogens is 3. The van der Waals surface area contributed by atoms with Crippen molar-refractivity contribution in [2.45, 2.75) is 0 Å². The number of hydrogen-bond acceptors (Lipinski definition) is 3. The summed E-state index contributed by atoms with van der Waals surface area (Å²) >= 11 is 11.7. The van der Waals surface area contributed by atoms with Gasteiger partial charge in [-0.25, -0.2) is 8.96 Å². The van der Waals surface area contributed by atoms with Crippen LogP contribution in [0.3, 0.4) is 0 Å². The minimum Gasteiger partial charge on any atom is -0.400 e. The molecule has 3 rings (SSSR count). The average molecular weight is 412 g/mol. The first-order valence-corrected chi connectivity index (χ1v) is 9.76. The van der Waals surface area contributed by atoms with Crippen LogP contribution in [0.25, 0.3) is 0 Å². The zero-order chi connectivity index (χ0) is 18.6. The molecule has 0 aliphatic carbocycles. The monoisotopic (exact) mass is 411 g/mol. The average Bonchev–Trinajstić information content (AvgIpc) is 2.59. The van der Waals surface area contributed by atoms with E-state index < -0.39 is 13.6 Å². The molecule has 0 atom stereocenters. The molecule has 3 aromatic rings. The molecule has 8 heteroatoms. The molecule has 4 nitrogen and oxygen atoms in total. The first kappa shape index (κ1) is 18.6. The van der Waals surface area contributed by atoms with E-state index in [1.54, 1.807) is 54.6 Å². The maximum absolute atomic E-state index is 13.4. The van der Waals surface area contributed by atoms with Gasteiger partial charge in [0.25, 0.3) is 0 Å². The van der Waals surface area contributed by atoms with E-state index in [2.05, 4.69) is 5.09 Å². The van der Waals surface area contributed by atoms with Crippen molar-refractivity contribution in [1.29, 1.82) is 0 Å². The summed E-state index contributed by atoms with van der Waals surface area (Å²) < 4.78 is 37.8. The summed E-state index contributed by atoms with van der Waals surface area (Å²) in [6.07, 6.45) is 0. The quantitative estimate of drug-likeness (QED) is 0.452. The van der Waals surface area contributed by atoms with Gasteiger partial charge in [-0.05, 0) is 66.7 Å². The van der Waals surface area contributed by atoms with Gasteiger partial charge in [-0.15, -0.1) is 0 Å². The molecule has 0 radical (unpaired) electrons. The third-order valence-corrected chi connectivity index (χ3v) is 5.11. The second-order valence-electron chi connectivity index (χ2n) is 5.21. The molecule has 0 aliphatic rings. The molecule has 3 aromatic carbocycles. The lowest BCUT2D eigenvalue weighted by atomic mass is 10.3. The second-order valence-corrected chi connectivity index (χ2v) is 7.67. The van der Waals surface area contributed by atoms with Crippen LogP contribution in [0.2, 0.25) is 10.0 Å². The summed E-state index contributed by atoms with van der Waals surface area (Å²) in [6, 6.07) is 18.0. The molecular formula is C18H13Cl2FNO3P. The lowest BCUT2D eigenvalue weighted by Gasteiger charge is -2.21. The fourth-order valence-electron chi connectivity index (χ4n) is 2.05. The van der Waals surface area contributed by atoms with Gasteiger partial charge in [0.1, 0.15) is 17.3 Å². The standard InChI is InChI=1S/C18H13Cl2FNO3P/c19-13-4-8-17(9-5-13)24-26(23,22-16-3-1-2-15(21)12-16)25-18-10-6-14(20)7-11-18/h1-12H,(H,22,23). The Bertz CT molecular complexity index is 884. The number of benzene rings is 3. The van der Waals surface area contributed by atoms with Crippen molar-refractivity contribution in [3.63, 3.8) is 0 Å². The fourth-order valence-corrected chi connectivity index (χ4v) is 3.68. The van der Waals surface area contributed by atoms with E-state index >= 15 is 0 Å². The Morgan fingerprint density at radius 3 is 1.77 bits per heavy atom. The van der Waals surface area contributed by atoms with Crippen LogP contribution in [0.1, 0.15) is 0 Å². The summed E-state index contributed by atoms with van der Waals surface area (Å²) in [7, 11) is -3.94.